The standard InChI is InChI=1S/C12H12N6S/c1-18(2)12-16-10(15-11(14)17-12)8(7-13)6-9-4-3-5-19-9/h3-6H,1-2H3,(H2,14,15,16,17)/b8-6+. The predicted octanol–water partition coefficient (Wildman–Crippen LogP) is 1.65. The van der Waals surface area contributed by atoms with Gasteiger partial charge in [-0.3, -0.25) is 0 Å². The molecule has 2 aromatic heterocycles. The number of allylic oxidation sites excluding steroid dienone is 1. The Morgan fingerprint density at radius 1 is 1.42 bits per heavy atom. The van der Waals surface area contributed by atoms with Gasteiger partial charge in [-0.25, -0.2) is 0 Å². The zero-order valence-electron chi connectivity index (χ0n) is 10.5. The van der Waals surface area contributed by atoms with Crippen molar-refractivity contribution in [3.05, 3.63) is 28.2 Å². The molecule has 2 heterocycles. The number of nitrogen functional groups attached to an aromatic ring is 1. The highest BCUT2D eigenvalue weighted by Gasteiger charge is 2.10. The van der Waals surface area contributed by atoms with Gasteiger partial charge in [0.05, 0.1) is 5.57 Å². The number of rotatable bonds is 3. The second-order valence-electron chi connectivity index (χ2n) is 3.90. The first-order chi connectivity index (χ1) is 9.10. The molecule has 0 aliphatic rings. The first-order valence-electron chi connectivity index (χ1n) is 5.44. The summed E-state index contributed by atoms with van der Waals surface area (Å²) in [6, 6.07) is 5.92. The second kappa shape index (κ2) is 5.46. The molecule has 0 bridgehead atoms. The van der Waals surface area contributed by atoms with E-state index in [1.165, 1.54) is 11.3 Å². The molecule has 0 unspecified atom stereocenters. The van der Waals surface area contributed by atoms with Crippen LogP contribution in [0.1, 0.15) is 10.7 Å². The Morgan fingerprint density at radius 3 is 2.79 bits per heavy atom. The Morgan fingerprint density at radius 2 is 2.21 bits per heavy atom. The Hall–Kier alpha value is -2.46. The van der Waals surface area contributed by atoms with Gasteiger partial charge >= 0.3 is 0 Å². The van der Waals surface area contributed by atoms with Crippen LogP contribution in [-0.2, 0) is 0 Å². The van der Waals surface area contributed by atoms with E-state index in [1.807, 2.05) is 17.5 Å². The molecular formula is C12H12N6S. The average molecular weight is 272 g/mol. The van der Waals surface area contributed by atoms with Crippen molar-refractivity contribution in [3.8, 4) is 6.07 Å². The molecule has 6 nitrogen and oxygen atoms in total. The van der Waals surface area contributed by atoms with Crippen molar-refractivity contribution in [2.75, 3.05) is 24.7 Å². The van der Waals surface area contributed by atoms with Crippen LogP contribution in [0.15, 0.2) is 17.5 Å². The van der Waals surface area contributed by atoms with Crippen LogP contribution in [0, 0.1) is 11.3 Å². The van der Waals surface area contributed by atoms with Crippen molar-refractivity contribution < 1.29 is 0 Å². The Kier molecular flexibility index (Phi) is 3.73. The summed E-state index contributed by atoms with van der Waals surface area (Å²) in [5.74, 6) is 0.808. The van der Waals surface area contributed by atoms with Crippen molar-refractivity contribution in [1.29, 1.82) is 5.26 Å². The van der Waals surface area contributed by atoms with E-state index in [0.717, 1.165) is 4.88 Å². The lowest BCUT2D eigenvalue weighted by molar-refractivity contribution is 0.952. The van der Waals surface area contributed by atoms with E-state index < -0.39 is 0 Å². The van der Waals surface area contributed by atoms with E-state index in [0.29, 0.717) is 11.5 Å². The molecule has 2 rings (SSSR count). The topological polar surface area (TPSA) is 91.7 Å². The van der Waals surface area contributed by atoms with E-state index >= 15 is 0 Å². The molecule has 0 aromatic carbocycles. The van der Waals surface area contributed by atoms with Gasteiger partial charge in [-0.2, -0.15) is 20.2 Å². The molecular weight excluding hydrogens is 260 g/mol. The summed E-state index contributed by atoms with van der Waals surface area (Å²) >= 11 is 1.54. The minimum absolute atomic E-state index is 0.0982. The van der Waals surface area contributed by atoms with Gasteiger partial charge in [-0.1, -0.05) is 6.07 Å². The van der Waals surface area contributed by atoms with Crippen LogP contribution in [0.4, 0.5) is 11.9 Å². The van der Waals surface area contributed by atoms with Crippen molar-refractivity contribution in [1.82, 2.24) is 15.0 Å². The molecule has 7 heteroatoms. The van der Waals surface area contributed by atoms with Gasteiger partial charge in [0.2, 0.25) is 11.9 Å². The highest BCUT2D eigenvalue weighted by molar-refractivity contribution is 7.10. The number of nitrogens with two attached hydrogens (primary N) is 1. The van der Waals surface area contributed by atoms with Crippen LogP contribution in [0.25, 0.3) is 11.6 Å². The zero-order chi connectivity index (χ0) is 13.8. The molecule has 0 radical (unpaired) electrons. The molecule has 0 aliphatic carbocycles. The zero-order valence-corrected chi connectivity index (χ0v) is 11.3. The molecule has 0 saturated carbocycles. The summed E-state index contributed by atoms with van der Waals surface area (Å²) < 4.78 is 0. The summed E-state index contributed by atoms with van der Waals surface area (Å²) in [7, 11) is 3.60. The van der Waals surface area contributed by atoms with Gasteiger partial charge in [0.25, 0.3) is 0 Å². The number of thiophene rings is 1. The number of aromatic nitrogens is 3. The quantitative estimate of drug-likeness (QED) is 0.854. The van der Waals surface area contributed by atoms with E-state index in [-0.39, 0.29) is 11.8 Å². The van der Waals surface area contributed by atoms with Gasteiger partial charge in [-0.15, -0.1) is 11.3 Å². The van der Waals surface area contributed by atoms with Crippen LogP contribution in [-0.4, -0.2) is 29.0 Å². The van der Waals surface area contributed by atoms with Crippen LogP contribution in [0.5, 0.6) is 0 Å². The lowest BCUT2D eigenvalue weighted by Crippen LogP contribution is -2.15. The number of hydrogen-bond acceptors (Lipinski definition) is 7. The predicted molar refractivity (Wildman–Crippen MR) is 76.4 cm³/mol. The number of nitrogens with zero attached hydrogens (tertiary/aromatic N) is 5. The molecule has 0 saturated heterocycles. The minimum Gasteiger partial charge on any atom is -0.368 e. The van der Waals surface area contributed by atoms with E-state index in [4.69, 9.17) is 5.73 Å². The third-order valence-electron chi connectivity index (χ3n) is 2.23. The largest absolute Gasteiger partial charge is 0.368 e. The van der Waals surface area contributed by atoms with Crippen LogP contribution in [0.2, 0.25) is 0 Å². The smallest absolute Gasteiger partial charge is 0.230 e. The first kappa shape index (κ1) is 13.0. The molecule has 0 amide bonds. The fraction of sp³-hybridized carbons (Fsp3) is 0.167. The highest BCUT2D eigenvalue weighted by atomic mass is 32.1. The van der Waals surface area contributed by atoms with E-state index in [1.54, 1.807) is 25.1 Å². The molecule has 2 aromatic rings. The molecule has 2 N–H and O–H groups in total. The third-order valence-corrected chi connectivity index (χ3v) is 3.05. The molecule has 19 heavy (non-hydrogen) atoms. The molecule has 0 aliphatic heterocycles. The lowest BCUT2D eigenvalue weighted by Gasteiger charge is -2.10. The maximum atomic E-state index is 9.23. The Balaban J connectivity index is 2.47. The fourth-order valence-electron chi connectivity index (χ4n) is 1.36. The molecule has 0 atom stereocenters. The molecule has 0 spiro atoms. The maximum absolute atomic E-state index is 9.23. The van der Waals surface area contributed by atoms with Gasteiger partial charge in [0.1, 0.15) is 6.07 Å². The van der Waals surface area contributed by atoms with Crippen molar-refractivity contribution in [2.45, 2.75) is 0 Å². The van der Waals surface area contributed by atoms with Crippen LogP contribution >= 0.6 is 11.3 Å². The lowest BCUT2D eigenvalue weighted by atomic mass is 10.2. The summed E-state index contributed by atoms with van der Waals surface area (Å²) in [5, 5.41) is 11.2. The SMILES string of the molecule is CN(C)c1nc(N)nc(/C(C#N)=C/c2cccs2)n1. The van der Waals surface area contributed by atoms with Gasteiger partial charge < -0.3 is 10.6 Å². The van der Waals surface area contributed by atoms with Crippen LogP contribution in [0.3, 0.4) is 0 Å². The summed E-state index contributed by atoms with van der Waals surface area (Å²) in [4.78, 5) is 14.9. The normalized spacial score (nSPS) is 11.1. The number of hydrogen-bond donors (Lipinski definition) is 1. The van der Waals surface area contributed by atoms with Gasteiger partial charge in [-0.05, 0) is 17.5 Å². The van der Waals surface area contributed by atoms with Crippen molar-refractivity contribution in [2.24, 2.45) is 0 Å². The van der Waals surface area contributed by atoms with E-state index in [2.05, 4.69) is 21.0 Å². The van der Waals surface area contributed by atoms with Gasteiger partial charge in [0, 0.05) is 19.0 Å². The number of anilines is 2. The van der Waals surface area contributed by atoms with E-state index in [9.17, 15) is 5.26 Å². The van der Waals surface area contributed by atoms with Crippen molar-refractivity contribution in [3.63, 3.8) is 0 Å². The molecule has 0 fully saturated rings. The monoisotopic (exact) mass is 272 g/mol. The fourth-order valence-corrected chi connectivity index (χ4v) is 2.02. The minimum atomic E-state index is 0.0982. The second-order valence-corrected chi connectivity index (χ2v) is 4.88. The third kappa shape index (κ3) is 3.05. The maximum Gasteiger partial charge on any atom is 0.230 e. The average Bonchev–Trinajstić information content (AvgIpc) is 2.88. The molecule has 96 valence electrons. The Labute approximate surface area is 114 Å². The van der Waals surface area contributed by atoms with Gasteiger partial charge in [0.15, 0.2) is 5.82 Å². The van der Waals surface area contributed by atoms with Crippen LogP contribution < -0.4 is 10.6 Å². The summed E-state index contributed by atoms with van der Waals surface area (Å²) in [6.45, 7) is 0. The summed E-state index contributed by atoms with van der Waals surface area (Å²) in [6.07, 6.45) is 1.74. The summed E-state index contributed by atoms with van der Waals surface area (Å²) in [5.41, 5.74) is 6.00. The highest BCUT2D eigenvalue weighted by Crippen LogP contribution is 2.19. The number of nitriles is 1. The van der Waals surface area contributed by atoms with Crippen molar-refractivity contribution >= 4 is 34.9 Å². The Bertz CT molecular complexity index is 639. The first-order valence-corrected chi connectivity index (χ1v) is 6.32.